The number of hydrogen-bond acceptors (Lipinski definition) is 6. The molecule has 1 heterocycles. The van der Waals surface area contributed by atoms with E-state index in [1.807, 2.05) is 42.5 Å². The van der Waals surface area contributed by atoms with Crippen molar-refractivity contribution in [2.45, 2.75) is 31.4 Å². The zero-order chi connectivity index (χ0) is 21.7. The van der Waals surface area contributed by atoms with Crippen molar-refractivity contribution in [3.05, 3.63) is 53.7 Å². The number of nitrogens with one attached hydrogen (secondary N) is 1. The number of benzene rings is 1. The minimum atomic E-state index is -5.17. The van der Waals surface area contributed by atoms with Crippen molar-refractivity contribution in [2.24, 2.45) is 5.92 Å². The first-order valence-corrected chi connectivity index (χ1v) is 9.44. The summed E-state index contributed by atoms with van der Waals surface area (Å²) in [4.78, 5) is 26.6. The third-order valence-electron chi connectivity index (χ3n) is 4.79. The number of carbonyl (C=O) groups is 2. The molecule has 1 aliphatic carbocycles. The number of pyridine rings is 1. The molecule has 0 amide bonds. The summed E-state index contributed by atoms with van der Waals surface area (Å²) in [6.07, 6.45) is -4.08. The minimum Gasteiger partial charge on any atom is -0.493 e. The van der Waals surface area contributed by atoms with E-state index >= 15 is 0 Å². The highest BCUT2D eigenvalue weighted by atomic mass is 19.4. The minimum absolute atomic E-state index is 0.0565. The number of rotatable bonds is 8. The molecule has 0 bridgehead atoms. The van der Waals surface area contributed by atoms with Crippen molar-refractivity contribution in [3.8, 4) is 5.75 Å². The Hall–Kier alpha value is -3.10. The first-order valence-electron chi connectivity index (χ1n) is 9.44. The summed E-state index contributed by atoms with van der Waals surface area (Å²) in [7, 11) is 1.81. The van der Waals surface area contributed by atoms with Crippen LogP contribution in [0.1, 0.15) is 30.0 Å². The molecule has 0 radical (unpaired) electrons. The van der Waals surface area contributed by atoms with E-state index in [1.165, 1.54) is 0 Å². The fourth-order valence-corrected chi connectivity index (χ4v) is 3.14. The second-order valence-corrected chi connectivity index (χ2v) is 7.00. The average molecular weight is 422 g/mol. The van der Waals surface area contributed by atoms with E-state index in [1.54, 1.807) is 7.05 Å². The van der Waals surface area contributed by atoms with Gasteiger partial charge in [0, 0.05) is 25.6 Å². The van der Waals surface area contributed by atoms with E-state index in [4.69, 9.17) is 4.74 Å². The Morgan fingerprint density at radius 1 is 1.17 bits per heavy atom. The molecular formula is C21H21F3N2O4. The molecule has 6 nitrogen and oxygen atoms in total. The molecule has 2 unspecified atom stereocenters. The van der Waals surface area contributed by atoms with Gasteiger partial charge in [0.1, 0.15) is 11.6 Å². The van der Waals surface area contributed by atoms with Gasteiger partial charge < -0.3 is 14.8 Å². The first-order chi connectivity index (χ1) is 14.3. The van der Waals surface area contributed by atoms with E-state index in [0.29, 0.717) is 25.2 Å². The monoisotopic (exact) mass is 422 g/mol. The predicted molar refractivity (Wildman–Crippen MR) is 102 cm³/mol. The number of esters is 2. The van der Waals surface area contributed by atoms with Gasteiger partial charge >= 0.3 is 18.1 Å². The van der Waals surface area contributed by atoms with Gasteiger partial charge in [-0.1, -0.05) is 18.2 Å². The number of nitrogens with zero attached hydrogens (tertiary/aromatic N) is 1. The zero-order valence-corrected chi connectivity index (χ0v) is 16.2. The van der Waals surface area contributed by atoms with E-state index in [2.05, 4.69) is 15.0 Å². The topological polar surface area (TPSA) is 77.5 Å². The molecule has 0 saturated heterocycles. The van der Waals surface area contributed by atoms with Gasteiger partial charge in [-0.05, 0) is 48.1 Å². The van der Waals surface area contributed by atoms with Crippen molar-refractivity contribution in [1.29, 1.82) is 0 Å². The van der Waals surface area contributed by atoms with Crippen LogP contribution in [0.15, 0.2) is 42.5 Å². The number of carbonyl (C=O) groups excluding carboxylic acids is 2. The summed E-state index contributed by atoms with van der Waals surface area (Å²) in [5.74, 6) is -2.21. The Kier molecular flexibility index (Phi) is 6.59. The number of aromatic nitrogens is 1. The fraction of sp³-hybridized carbons (Fsp3) is 0.381. The first kappa shape index (κ1) is 21.6. The number of ether oxygens (including phenoxy) is 2. The molecule has 1 fully saturated rings. The van der Waals surface area contributed by atoms with Gasteiger partial charge in [-0.15, -0.1) is 0 Å². The summed E-state index contributed by atoms with van der Waals surface area (Å²) < 4.78 is 45.9. The van der Waals surface area contributed by atoms with Gasteiger partial charge in [-0.2, -0.15) is 13.2 Å². The predicted octanol–water partition coefficient (Wildman–Crippen LogP) is 3.87. The van der Waals surface area contributed by atoms with Crippen LogP contribution in [-0.2, 0) is 20.7 Å². The quantitative estimate of drug-likeness (QED) is 0.514. The third-order valence-corrected chi connectivity index (χ3v) is 4.79. The largest absolute Gasteiger partial charge is 0.493 e. The molecule has 1 aromatic carbocycles. The van der Waals surface area contributed by atoms with Crippen LogP contribution in [0.25, 0.3) is 0 Å². The van der Waals surface area contributed by atoms with Crippen LogP contribution in [-0.4, -0.2) is 36.8 Å². The Morgan fingerprint density at radius 3 is 2.57 bits per heavy atom. The van der Waals surface area contributed by atoms with E-state index < -0.39 is 18.1 Å². The highest BCUT2D eigenvalue weighted by molar-refractivity contribution is 5.88. The molecule has 3 rings (SSSR count). The summed E-state index contributed by atoms with van der Waals surface area (Å²) >= 11 is 0. The summed E-state index contributed by atoms with van der Waals surface area (Å²) in [5, 5.41) is 2.98. The average Bonchev–Trinajstić information content (AvgIpc) is 3.46. The zero-order valence-electron chi connectivity index (χ0n) is 16.2. The standard InChI is InChI=1S/C21H21F3N2O4/c1-25-18-4-2-3-15(26-18)9-10-29-16-7-5-13(6-8-16)17-11-14(17)12-19(27)30-20(28)21(22,23)24/h2-8,14,17H,9-12H2,1H3,(H,25,26). The summed E-state index contributed by atoms with van der Waals surface area (Å²) in [5.41, 5.74) is 1.88. The highest BCUT2D eigenvalue weighted by Gasteiger charge is 2.44. The molecule has 0 aliphatic heterocycles. The van der Waals surface area contributed by atoms with Crippen LogP contribution in [0.5, 0.6) is 5.75 Å². The van der Waals surface area contributed by atoms with Crippen LogP contribution in [0.4, 0.5) is 19.0 Å². The lowest BCUT2D eigenvalue weighted by Gasteiger charge is -2.08. The van der Waals surface area contributed by atoms with Gasteiger partial charge in [0.15, 0.2) is 0 Å². The summed E-state index contributed by atoms with van der Waals surface area (Å²) in [6.45, 7) is 0.463. The fourth-order valence-electron chi connectivity index (χ4n) is 3.14. The SMILES string of the molecule is CNc1cccc(CCOc2ccc(C3CC3CC(=O)OC(=O)C(F)(F)F)cc2)n1. The lowest BCUT2D eigenvalue weighted by Crippen LogP contribution is -2.28. The van der Waals surface area contributed by atoms with Gasteiger partial charge in [0.2, 0.25) is 0 Å². The van der Waals surface area contributed by atoms with Gasteiger partial charge in [-0.25, -0.2) is 9.78 Å². The third kappa shape index (κ3) is 5.95. The number of halogens is 3. The van der Waals surface area contributed by atoms with Crippen molar-refractivity contribution in [3.63, 3.8) is 0 Å². The Balaban J connectivity index is 1.43. The Morgan fingerprint density at radius 2 is 1.90 bits per heavy atom. The van der Waals surface area contributed by atoms with E-state index in [0.717, 1.165) is 17.1 Å². The molecule has 2 atom stereocenters. The van der Waals surface area contributed by atoms with E-state index in [9.17, 15) is 22.8 Å². The molecule has 1 aliphatic rings. The van der Waals surface area contributed by atoms with Crippen LogP contribution in [0.3, 0.4) is 0 Å². The van der Waals surface area contributed by atoms with Crippen LogP contribution < -0.4 is 10.1 Å². The molecule has 160 valence electrons. The van der Waals surface area contributed by atoms with Crippen molar-refractivity contribution in [2.75, 3.05) is 19.0 Å². The van der Waals surface area contributed by atoms with Gasteiger partial charge in [-0.3, -0.25) is 4.79 Å². The lowest BCUT2D eigenvalue weighted by atomic mass is 10.1. The molecular weight excluding hydrogens is 401 g/mol. The number of hydrogen-bond donors (Lipinski definition) is 1. The molecule has 1 saturated carbocycles. The molecule has 1 N–H and O–H groups in total. The summed E-state index contributed by atoms with van der Waals surface area (Å²) in [6, 6.07) is 13.1. The molecule has 2 aromatic rings. The highest BCUT2D eigenvalue weighted by Crippen LogP contribution is 2.49. The maximum atomic E-state index is 12.1. The Labute approximate surface area is 171 Å². The van der Waals surface area contributed by atoms with Crippen LogP contribution >= 0.6 is 0 Å². The number of anilines is 1. The molecule has 0 spiro atoms. The van der Waals surface area contributed by atoms with Crippen LogP contribution in [0, 0.1) is 5.92 Å². The maximum Gasteiger partial charge on any atom is 0.491 e. The molecule has 9 heteroatoms. The van der Waals surface area contributed by atoms with Crippen LogP contribution in [0.2, 0.25) is 0 Å². The van der Waals surface area contributed by atoms with Crippen molar-refractivity contribution < 1.29 is 32.2 Å². The Bertz CT molecular complexity index is 900. The molecule has 30 heavy (non-hydrogen) atoms. The normalized spacial score (nSPS) is 17.9. The second kappa shape index (κ2) is 9.15. The van der Waals surface area contributed by atoms with Crippen molar-refractivity contribution in [1.82, 2.24) is 4.98 Å². The maximum absolute atomic E-state index is 12.1. The lowest BCUT2D eigenvalue weighted by molar-refractivity contribution is -0.201. The smallest absolute Gasteiger partial charge is 0.491 e. The van der Waals surface area contributed by atoms with Crippen molar-refractivity contribution >= 4 is 17.8 Å². The molecule has 1 aromatic heterocycles. The van der Waals surface area contributed by atoms with Gasteiger partial charge in [0.25, 0.3) is 0 Å². The van der Waals surface area contributed by atoms with Gasteiger partial charge in [0.05, 0.1) is 6.61 Å². The van der Waals surface area contributed by atoms with E-state index in [-0.39, 0.29) is 18.3 Å². The second-order valence-electron chi connectivity index (χ2n) is 7.00. The number of alkyl halides is 3.